The Labute approximate surface area is 141 Å². The monoisotopic (exact) mass is 325 g/mol. The highest BCUT2D eigenvalue weighted by atomic mass is 16.5. The van der Waals surface area contributed by atoms with Gasteiger partial charge in [-0.2, -0.15) is 5.26 Å². The lowest BCUT2D eigenvalue weighted by molar-refractivity contribution is -0.145. The maximum absolute atomic E-state index is 11.7. The van der Waals surface area contributed by atoms with Gasteiger partial charge in [-0.1, -0.05) is 12.1 Å². The van der Waals surface area contributed by atoms with E-state index in [1.807, 2.05) is 30.3 Å². The molecule has 0 heterocycles. The Morgan fingerprint density at radius 3 is 2.33 bits per heavy atom. The summed E-state index contributed by atoms with van der Waals surface area (Å²) in [5.74, 6) is 1.24. The molecule has 0 aliphatic heterocycles. The van der Waals surface area contributed by atoms with Gasteiger partial charge in [0.25, 0.3) is 0 Å². The Bertz CT molecular complexity index is 687. The van der Waals surface area contributed by atoms with Crippen molar-refractivity contribution < 1.29 is 19.0 Å². The third kappa shape index (κ3) is 5.65. The molecule has 5 nitrogen and oxygen atoms in total. The summed E-state index contributed by atoms with van der Waals surface area (Å²) >= 11 is 0. The van der Waals surface area contributed by atoms with Crippen LogP contribution in [0.25, 0.3) is 0 Å². The molecular weight excluding hydrogens is 306 g/mol. The van der Waals surface area contributed by atoms with Crippen LogP contribution in [0.5, 0.6) is 11.5 Å². The maximum Gasteiger partial charge on any atom is 0.306 e. The summed E-state index contributed by atoms with van der Waals surface area (Å²) in [6, 6.07) is 16.3. The van der Waals surface area contributed by atoms with Crippen molar-refractivity contribution in [2.24, 2.45) is 0 Å². The number of rotatable bonds is 8. The van der Waals surface area contributed by atoms with E-state index in [0.29, 0.717) is 25.0 Å². The summed E-state index contributed by atoms with van der Waals surface area (Å²) < 4.78 is 15.8. The van der Waals surface area contributed by atoms with E-state index in [2.05, 4.69) is 0 Å². The van der Waals surface area contributed by atoms with Crippen molar-refractivity contribution in [1.82, 2.24) is 0 Å². The Hall–Kier alpha value is -3.00. The van der Waals surface area contributed by atoms with Crippen molar-refractivity contribution >= 4 is 5.97 Å². The minimum atomic E-state index is -0.266. The average Bonchev–Trinajstić information content (AvgIpc) is 2.64. The van der Waals surface area contributed by atoms with E-state index in [1.165, 1.54) is 0 Å². The van der Waals surface area contributed by atoms with E-state index in [0.717, 1.165) is 17.1 Å². The second-order valence-corrected chi connectivity index (χ2v) is 5.10. The lowest BCUT2D eigenvalue weighted by atomic mass is 10.2. The standard InChI is InChI=1S/C19H19NO4/c1-22-17-8-10-18(11-9-17)23-12-2-3-19(21)24-14-16-6-4-15(13-20)5-7-16/h4-11H,2-3,12,14H2,1H3. The largest absolute Gasteiger partial charge is 0.497 e. The lowest BCUT2D eigenvalue weighted by Crippen LogP contribution is -2.07. The zero-order valence-electron chi connectivity index (χ0n) is 13.5. The van der Waals surface area contributed by atoms with E-state index in [1.54, 1.807) is 31.4 Å². The van der Waals surface area contributed by atoms with Gasteiger partial charge >= 0.3 is 5.97 Å². The van der Waals surface area contributed by atoms with Crippen LogP contribution in [-0.2, 0) is 16.1 Å². The number of carbonyl (C=O) groups is 1. The van der Waals surface area contributed by atoms with E-state index >= 15 is 0 Å². The smallest absolute Gasteiger partial charge is 0.306 e. The molecule has 24 heavy (non-hydrogen) atoms. The number of methoxy groups -OCH3 is 1. The first-order valence-electron chi connectivity index (χ1n) is 7.63. The zero-order valence-corrected chi connectivity index (χ0v) is 13.5. The molecule has 0 saturated heterocycles. The fourth-order valence-corrected chi connectivity index (χ4v) is 1.99. The molecule has 2 aromatic rings. The molecular formula is C19H19NO4. The van der Waals surface area contributed by atoms with E-state index < -0.39 is 0 Å². The van der Waals surface area contributed by atoms with Crippen molar-refractivity contribution in [3.8, 4) is 17.6 Å². The van der Waals surface area contributed by atoms with Crippen LogP contribution in [0.3, 0.4) is 0 Å². The number of hydrogen-bond acceptors (Lipinski definition) is 5. The van der Waals surface area contributed by atoms with Gasteiger partial charge < -0.3 is 14.2 Å². The first-order chi connectivity index (χ1) is 11.7. The van der Waals surface area contributed by atoms with Crippen LogP contribution in [0.1, 0.15) is 24.0 Å². The van der Waals surface area contributed by atoms with Crippen LogP contribution in [0.2, 0.25) is 0 Å². The number of benzene rings is 2. The molecule has 2 rings (SSSR count). The Morgan fingerprint density at radius 1 is 1.04 bits per heavy atom. The number of hydrogen-bond donors (Lipinski definition) is 0. The maximum atomic E-state index is 11.7. The van der Waals surface area contributed by atoms with Crippen molar-refractivity contribution in [2.75, 3.05) is 13.7 Å². The van der Waals surface area contributed by atoms with Crippen LogP contribution in [0.15, 0.2) is 48.5 Å². The first kappa shape index (κ1) is 17.4. The van der Waals surface area contributed by atoms with Gasteiger partial charge in [0, 0.05) is 6.42 Å². The molecule has 0 spiro atoms. The number of esters is 1. The third-order valence-electron chi connectivity index (χ3n) is 3.34. The number of nitrogens with zero attached hydrogens (tertiary/aromatic N) is 1. The SMILES string of the molecule is COc1ccc(OCCCC(=O)OCc2ccc(C#N)cc2)cc1. The van der Waals surface area contributed by atoms with E-state index in [-0.39, 0.29) is 12.6 Å². The fourth-order valence-electron chi connectivity index (χ4n) is 1.99. The zero-order chi connectivity index (χ0) is 17.2. The van der Waals surface area contributed by atoms with Gasteiger partial charge in [-0.05, 0) is 48.4 Å². The second-order valence-electron chi connectivity index (χ2n) is 5.10. The van der Waals surface area contributed by atoms with E-state index in [9.17, 15) is 4.79 Å². The van der Waals surface area contributed by atoms with Gasteiger partial charge in [0.1, 0.15) is 18.1 Å². The molecule has 124 valence electrons. The minimum Gasteiger partial charge on any atom is -0.497 e. The molecule has 0 saturated carbocycles. The molecule has 0 aliphatic carbocycles. The molecule has 0 unspecified atom stereocenters. The molecule has 0 fully saturated rings. The highest BCUT2D eigenvalue weighted by Gasteiger charge is 2.04. The quantitative estimate of drug-likeness (QED) is 0.549. The second kappa shape index (κ2) is 9.21. The minimum absolute atomic E-state index is 0.212. The van der Waals surface area contributed by atoms with Gasteiger partial charge in [-0.25, -0.2) is 0 Å². The summed E-state index contributed by atoms with van der Waals surface area (Å²) in [7, 11) is 1.61. The predicted octanol–water partition coefficient (Wildman–Crippen LogP) is 3.47. The van der Waals surface area contributed by atoms with Crippen LogP contribution in [-0.4, -0.2) is 19.7 Å². The van der Waals surface area contributed by atoms with E-state index in [4.69, 9.17) is 19.5 Å². The topological polar surface area (TPSA) is 68.6 Å². The lowest BCUT2D eigenvalue weighted by Gasteiger charge is -2.07. The average molecular weight is 325 g/mol. The summed E-state index contributed by atoms with van der Waals surface area (Å²) in [5, 5.41) is 8.72. The predicted molar refractivity (Wildman–Crippen MR) is 88.7 cm³/mol. The molecule has 2 aromatic carbocycles. The number of ether oxygens (including phenoxy) is 3. The Morgan fingerprint density at radius 2 is 1.71 bits per heavy atom. The van der Waals surface area contributed by atoms with Crippen molar-refractivity contribution in [1.29, 1.82) is 5.26 Å². The molecule has 0 amide bonds. The highest BCUT2D eigenvalue weighted by molar-refractivity contribution is 5.69. The fraction of sp³-hybridized carbons (Fsp3) is 0.263. The normalized spacial score (nSPS) is 9.83. The molecule has 0 N–H and O–H groups in total. The summed E-state index contributed by atoms with van der Waals surface area (Å²) in [5.41, 5.74) is 1.44. The van der Waals surface area contributed by atoms with Crippen molar-refractivity contribution in [3.63, 3.8) is 0 Å². The van der Waals surface area contributed by atoms with Crippen LogP contribution in [0.4, 0.5) is 0 Å². The Kier molecular flexibility index (Phi) is 6.66. The Balaban J connectivity index is 1.63. The number of nitriles is 1. The summed E-state index contributed by atoms with van der Waals surface area (Å²) in [6.07, 6.45) is 0.880. The van der Waals surface area contributed by atoms with Gasteiger partial charge in [0.15, 0.2) is 0 Å². The van der Waals surface area contributed by atoms with Crippen molar-refractivity contribution in [3.05, 3.63) is 59.7 Å². The van der Waals surface area contributed by atoms with Gasteiger partial charge in [-0.3, -0.25) is 4.79 Å². The first-order valence-corrected chi connectivity index (χ1v) is 7.63. The molecule has 0 aliphatic rings. The molecule has 0 bridgehead atoms. The molecule has 0 atom stereocenters. The van der Waals surface area contributed by atoms with Gasteiger partial charge in [0.05, 0.1) is 25.3 Å². The summed E-state index contributed by atoms with van der Waals surface area (Å²) in [6.45, 7) is 0.655. The van der Waals surface area contributed by atoms with Crippen LogP contribution >= 0.6 is 0 Å². The summed E-state index contributed by atoms with van der Waals surface area (Å²) in [4.78, 5) is 11.7. The third-order valence-corrected chi connectivity index (χ3v) is 3.34. The van der Waals surface area contributed by atoms with Gasteiger partial charge in [0.2, 0.25) is 0 Å². The molecule has 0 aromatic heterocycles. The molecule has 0 radical (unpaired) electrons. The van der Waals surface area contributed by atoms with Crippen molar-refractivity contribution in [2.45, 2.75) is 19.4 Å². The van der Waals surface area contributed by atoms with Gasteiger partial charge in [-0.15, -0.1) is 0 Å². The highest BCUT2D eigenvalue weighted by Crippen LogP contribution is 2.17. The number of carbonyl (C=O) groups excluding carboxylic acids is 1. The van der Waals surface area contributed by atoms with Crippen LogP contribution < -0.4 is 9.47 Å². The molecule has 5 heteroatoms. The van der Waals surface area contributed by atoms with Crippen LogP contribution in [0, 0.1) is 11.3 Å².